The van der Waals surface area contributed by atoms with E-state index in [-0.39, 0.29) is 0 Å². The lowest BCUT2D eigenvalue weighted by molar-refractivity contribution is -0.131. The number of carbonyl (C=O) groups is 1. The summed E-state index contributed by atoms with van der Waals surface area (Å²) in [6.07, 6.45) is 6.51. The van der Waals surface area contributed by atoms with Gasteiger partial charge in [0.25, 0.3) is 0 Å². The van der Waals surface area contributed by atoms with Gasteiger partial charge in [-0.05, 0) is 62.4 Å². The van der Waals surface area contributed by atoms with Gasteiger partial charge in [-0.3, -0.25) is 0 Å². The highest BCUT2D eigenvalue weighted by atomic mass is 16.4. The van der Waals surface area contributed by atoms with E-state index in [1.165, 1.54) is 36.6 Å². The summed E-state index contributed by atoms with van der Waals surface area (Å²) in [5.41, 5.74) is 3.44. The Labute approximate surface area is 120 Å². The van der Waals surface area contributed by atoms with Crippen LogP contribution in [0.5, 0.6) is 0 Å². The van der Waals surface area contributed by atoms with E-state index in [1.54, 1.807) is 6.08 Å². The van der Waals surface area contributed by atoms with Gasteiger partial charge in [0.05, 0.1) is 0 Å². The number of rotatable bonds is 4. The molecule has 0 aromatic heterocycles. The van der Waals surface area contributed by atoms with Gasteiger partial charge < -0.3 is 10.0 Å². The van der Waals surface area contributed by atoms with E-state index in [2.05, 4.69) is 37.8 Å². The summed E-state index contributed by atoms with van der Waals surface area (Å²) in [6, 6.07) is 7.40. The number of aryl methyl sites for hydroxylation is 1. The molecule has 0 bridgehead atoms. The highest BCUT2D eigenvalue weighted by Gasteiger charge is 2.29. The Kier molecular flexibility index (Phi) is 4.48. The fraction of sp³-hybridized carbons (Fsp3) is 0.471. The van der Waals surface area contributed by atoms with E-state index in [4.69, 9.17) is 5.11 Å². The van der Waals surface area contributed by atoms with Crippen LogP contribution in [0.4, 0.5) is 5.69 Å². The summed E-state index contributed by atoms with van der Waals surface area (Å²) in [6.45, 7) is 6.63. The van der Waals surface area contributed by atoms with E-state index >= 15 is 0 Å². The first-order valence-electron chi connectivity index (χ1n) is 7.33. The fourth-order valence-corrected chi connectivity index (χ4v) is 3.15. The third-order valence-electron chi connectivity index (χ3n) is 4.17. The van der Waals surface area contributed by atoms with E-state index in [0.29, 0.717) is 12.1 Å². The smallest absolute Gasteiger partial charge is 0.328 e. The number of carboxylic acids is 1. The van der Waals surface area contributed by atoms with Gasteiger partial charge in [0.1, 0.15) is 0 Å². The minimum Gasteiger partial charge on any atom is -0.478 e. The lowest BCUT2D eigenvalue weighted by Gasteiger charge is -2.32. The third-order valence-corrected chi connectivity index (χ3v) is 4.17. The summed E-state index contributed by atoms with van der Waals surface area (Å²) in [4.78, 5) is 13.1. The Hall–Kier alpha value is -1.77. The fourth-order valence-electron chi connectivity index (χ4n) is 3.15. The van der Waals surface area contributed by atoms with Crippen LogP contribution in [0.1, 0.15) is 44.2 Å². The van der Waals surface area contributed by atoms with Crippen molar-refractivity contribution in [3.8, 4) is 0 Å². The van der Waals surface area contributed by atoms with Crippen LogP contribution in [0, 0.1) is 6.92 Å². The second-order valence-corrected chi connectivity index (χ2v) is 5.61. The predicted octanol–water partition coefficient (Wildman–Crippen LogP) is 3.86. The number of aliphatic carboxylic acids is 1. The predicted molar refractivity (Wildman–Crippen MR) is 83.1 cm³/mol. The quantitative estimate of drug-likeness (QED) is 0.847. The summed E-state index contributed by atoms with van der Waals surface area (Å²) in [5, 5.41) is 8.68. The van der Waals surface area contributed by atoms with Gasteiger partial charge in [-0.2, -0.15) is 0 Å². The van der Waals surface area contributed by atoms with Crippen molar-refractivity contribution in [1.29, 1.82) is 0 Å². The lowest BCUT2D eigenvalue weighted by atomic mass is 10.1. The van der Waals surface area contributed by atoms with Crippen LogP contribution in [0.2, 0.25) is 0 Å². The molecule has 1 N–H and O–H groups in total. The van der Waals surface area contributed by atoms with Gasteiger partial charge in [-0.1, -0.05) is 13.0 Å². The molecule has 0 amide bonds. The molecule has 3 heteroatoms. The van der Waals surface area contributed by atoms with Gasteiger partial charge in [-0.15, -0.1) is 0 Å². The molecule has 0 spiro atoms. The number of hydrogen-bond donors (Lipinski definition) is 1. The number of nitrogens with zero attached hydrogens (tertiary/aromatic N) is 1. The van der Waals surface area contributed by atoms with E-state index in [1.807, 2.05) is 6.07 Å². The zero-order valence-electron chi connectivity index (χ0n) is 12.5. The van der Waals surface area contributed by atoms with Crippen LogP contribution in [0.3, 0.4) is 0 Å². The standard InChI is InChI=1S/C17H23NO2/c1-4-15-8-5-13(3)18(15)16-9-6-14(11-12(16)2)7-10-17(19)20/h6-7,9-11,13,15H,4-5,8H2,1-3H3,(H,19,20)/b10-7+. The van der Waals surface area contributed by atoms with Crippen molar-refractivity contribution >= 4 is 17.7 Å². The van der Waals surface area contributed by atoms with Crippen molar-refractivity contribution in [1.82, 2.24) is 0 Å². The highest BCUT2D eigenvalue weighted by Crippen LogP contribution is 2.34. The van der Waals surface area contributed by atoms with Crippen molar-refractivity contribution in [2.45, 2.75) is 52.1 Å². The Morgan fingerprint density at radius 2 is 2.20 bits per heavy atom. The molecule has 1 aliphatic heterocycles. The molecule has 1 saturated heterocycles. The molecule has 108 valence electrons. The van der Waals surface area contributed by atoms with Crippen LogP contribution in [0.15, 0.2) is 24.3 Å². The van der Waals surface area contributed by atoms with Gasteiger partial charge in [0.2, 0.25) is 0 Å². The van der Waals surface area contributed by atoms with Crippen LogP contribution < -0.4 is 4.90 Å². The summed E-state index contributed by atoms with van der Waals surface area (Å²) < 4.78 is 0. The van der Waals surface area contributed by atoms with Gasteiger partial charge in [0, 0.05) is 23.8 Å². The number of carboxylic acid groups (broad SMARTS) is 1. The number of benzene rings is 1. The zero-order chi connectivity index (χ0) is 14.7. The average molecular weight is 273 g/mol. The van der Waals surface area contributed by atoms with Gasteiger partial charge >= 0.3 is 5.97 Å². The monoisotopic (exact) mass is 273 g/mol. The molecule has 1 aromatic carbocycles. The molecule has 1 heterocycles. The molecule has 0 saturated carbocycles. The second kappa shape index (κ2) is 6.12. The average Bonchev–Trinajstić information content (AvgIpc) is 2.77. The SMILES string of the molecule is CCC1CCC(C)N1c1ccc(/C=C/C(=O)O)cc1C. The molecule has 2 unspecified atom stereocenters. The van der Waals surface area contributed by atoms with E-state index < -0.39 is 5.97 Å². The Morgan fingerprint density at radius 3 is 2.80 bits per heavy atom. The van der Waals surface area contributed by atoms with Gasteiger partial charge in [-0.25, -0.2) is 4.79 Å². The topological polar surface area (TPSA) is 40.5 Å². The van der Waals surface area contributed by atoms with E-state index in [0.717, 1.165) is 5.56 Å². The maximum atomic E-state index is 10.6. The van der Waals surface area contributed by atoms with Crippen molar-refractivity contribution in [2.24, 2.45) is 0 Å². The minimum absolute atomic E-state index is 0.582. The van der Waals surface area contributed by atoms with Gasteiger partial charge in [0.15, 0.2) is 0 Å². The van der Waals surface area contributed by atoms with Crippen molar-refractivity contribution in [2.75, 3.05) is 4.90 Å². The van der Waals surface area contributed by atoms with Crippen LogP contribution in [0.25, 0.3) is 6.08 Å². The molecular formula is C17H23NO2. The minimum atomic E-state index is -0.911. The van der Waals surface area contributed by atoms with E-state index in [9.17, 15) is 4.79 Å². The van der Waals surface area contributed by atoms with Crippen molar-refractivity contribution < 1.29 is 9.90 Å². The molecule has 1 fully saturated rings. The molecule has 1 aromatic rings. The maximum Gasteiger partial charge on any atom is 0.328 e. The first-order valence-corrected chi connectivity index (χ1v) is 7.33. The molecule has 0 aliphatic carbocycles. The summed E-state index contributed by atoms with van der Waals surface area (Å²) in [5.74, 6) is -0.911. The molecular weight excluding hydrogens is 250 g/mol. The second-order valence-electron chi connectivity index (χ2n) is 5.61. The number of hydrogen-bond acceptors (Lipinski definition) is 2. The Morgan fingerprint density at radius 1 is 1.45 bits per heavy atom. The Bertz CT molecular complexity index is 522. The number of anilines is 1. The highest BCUT2D eigenvalue weighted by molar-refractivity contribution is 5.85. The Balaban J connectivity index is 2.27. The summed E-state index contributed by atoms with van der Waals surface area (Å²) in [7, 11) is 0. The molecule has 1 aliphatic rings. The maximum absolute atomic E-state index is 10.6. The molecule has 0 radical (unpaired) electrons. The largest absolute Gasteiger partial charge is 0.478 e. The molecule has 20 heavy (non-hydrogen) atoms. The third kappa shape index (κ3) is 3.03. The first-order chi connectivity index (χ1) is 9.52. The van der Waals surface area contributed by atoms with Crippen molar-refractivity contribution in [3.63, 3.8) is 0 Å². The normalized spacial score (nSPS) is 22.6. The molecule has 3 nitrogen and oxygen atoms in total. The molecule has 2 atom stereocenters. The van der Waals surface area contributed by atoms with Crippen molar-refractivity contribution in [3.05, 3.63) is 35.4 Å². The first kappa shape index (κ1) is 14.6. The zero-order valence-corrected chi connectivity index (χ0v) is 12.5. The van der Waals surface area contributed by atoms with Crippen LogP contribution >= 0.6 is 0 Å². The summed E-state index contributed by atoms with van der Waals surface area (Å²) >= 11 is 0. The molecule has 2 rings (SSSR count). The lowest BCUT2D eigenvalue weighted by Crippen LogP contribution is -2.34. The van der Waals surface area contributed by atoms with Crippen LogP contribution in [-0.4, -0.2) is 23.2 Å². The van der Waals surface area contributed by atoms with Crippen LogP contribution in [-0.2, 0) is 4.79 Å².